The third kappa shape index (κ3) is 4.43. The van der Waals surface area contributed by atoms with Crippen molar-refractivity contribution in [2.45, 2.75) is 25.8 Å². The van der Waals surface area contributed by atoms with Crippen molar-refractivity contribution in [3.05, 3.63) is 46.6 Å². The molecule has 2 N–H and O–H groups in total. The zero-order valence-corrected chi connectivity index (χ0v) is 17.4. The number of rotatable bonds is 6. The number of thioether (sulfide) groups is 1. The number of para-hydroxylation sites is 2. The summed E-state index contributed by atoms with van der Waals surface area (Å²) in [4.78, 5) is 41.5. The molecular weight excluding hydrogens is 406 g/mol. The molecule has 0 saturated carbocycles. The molecule has 0 atom stereocenters. The molecule has 158 valence electrons. The number of imidazole rings is 1. The van der Waals surface area contributed by atoms with E-state index in [2.05, 4.69) is 15.5 Å². The zero-order valence-electron chi connectivity index (χ0n) is 16.6. The Morgan fingerprint density at radius 3 is 2.77 bits per heavy atom. The number of benzene rings is 1. The van der Waals surface area contributed by atoms with E-state index in [1.807, 2.05) is 33.7 Å². The Kier molecular flexibility index (Phi) is 5.93. The number of hydrogen-bond acceptors (Lipinski definition) is 6. The van der Waals surface area contributed by atoms with Gasteiger partial charge in [-0.3, -0.25) is 14.2 Å². The summed E-state index contributed by atoms with van der Waals surface area (Å²) in [6.07, 6.45) is 1.45. The van der Waals surface area contributed by atoms with E-state index in [-0.39, 0.29) is 35.1 Å². The molecule has 3 heterocycles. The molecule has 0 radical (unpaired) electrons. The second-order valence-electron chi connectivity index (χ2n) is 7.29. The summed E-state index contributed by atoms with van der Waals surface area (Å²) in [5, 5.41) is 6.34. The van der Waals surface area contributed by atoms with Crippen LogP contribution in [-0.2, 0) is 9.59 Å². The topological polar surface area (TPSA) is 113 Å². The Labute approximate surface area is 176 Å². The van der Waals surface area contributed by atoms with Crippen LogP contribution in [0.3, 0.4) is 0 Å². The Morgan fingerprint density at radius 2 is 2.03 bits per heavy atom. The molecule has 30 heavy (non-hydrogen) atoms. The molecule has 1 aliphatic rings. The lowest BCUT2D eigenvalue weighted by Gasteiger charge is -2.32. The van der Waals surface area contributed by atoms with Gasteiger partial charge in [-0.25, -0.2) is 4.79 Å². The fourth-order valence-corrected chi connectivity index (χ4v) is 4.45. The maximum absolute atomic E-state index is 12.5. The number of hydrogen-bond donors (Lipinski definition) is 2. The number of anilines is 1. The number of aromatic nitrogens is 3. The summed E-state index contributed by atoms with van der Waals surface area (Å²) in [6, 6.07) is 9.35. The number of carbonyl (C=O) groups is 2. The van der Waals surface area contributed by atoms with Crippen LogP contribution in [-0.4, -0.2) is 56.0 Å². The van der Waals surface area contributed by atoms with Crippen LogP contribution in [0.25, 0.3) is 11.0 Å². The van der Waals surface area contributed by atoms with Crippen LogP contribution >= 0.6 is 11.8 Å². The highest BCUT2D eigenvalue weighted by Gasteiger charge is 2.26. The first-order valence-electron chi connectivity index (χ1n) is 9.79. The number of aromatic amines is 1. The highest BCUT2D eigenvalue weighted by molar-refractivity contribution is 8.00. The molecule has 4 rings (SSSR count). The Hall–Kier alpha value is -3.01. The van der Waals surface area contributed by atoms with Gasteiger partial charge in [0.15, 0.2) is 5.82 Å². The molecule has 0 aliphatic carbocycles. The van der Waals surface area contributed by atoms with E-state index in [0.29, 0.717) is 24.7 Å². The summed E-state index contributed by atoms with van der Waals surface area (Å²) >= 11 is 1.27. The number of aryl methyl sites for hydroxylation is 1. The first-order valence-corrected chi connectivity index (χ1v) is 10.9. The number of carbonyl (C=O) groups excluding carboxylic acids is 2. The van der Waals surface area contributed by atoms with Crippen LogP contribution in [0.15, 0.2) is 39.6 Å². The smallest absolute Gasteiger partial charge is 0.326 e. The monoisotopic (exact) mass is 429 g/mol. The molecule has 3 aromatic rings. The molecule has 0 bridgehead atoms. The van der Waals surface area contributed by atoms with Crippen molar-refractivity contribution in [1.29, 1.82) is 0 Å². The van der Waals surface area contributed by atoms with Crippen molar-refractivity contribution in [1.82, 2.24) is 19.6 Å². The lowest BCUT2D eigenvalue weighted by molar-refractivity contribution is -0.129. The summed E-state index contributed by atoms with van der Waals surface area (Å²) in [6.45, 7) is 2.94. The van der Waals surface area contributed by atoms with E-state index in [1.165, 1.54) is 11.8 Å². The highest BCUT2D eigenvalue weighted by Crippen LogP contribution is 2.25. The second-order valence-corrected chi connectivity index (χ2v) is 8.28. The lowest BCUT2D eigenvalue weighted by atomic mass is 10.0. The number of likely N-dealkylation sites (tertiary alicyclic amines) is 1. The van der Waals surface area contributed by atoms with E-state index in [1.54, 1.807) is 13.0 Å². The first kappa shape index (κ1) is 20.3. The Morgan fingerprint density at radius 1 is 1.27 bits per heavy atom. The molecule has 2 aromatic heterocycles. The number of piperidine rings is 1. The van der Waals surface area contributed by atoms with Gasteiger partial charge in [-0.05, 0) is 31.9 Å². The van der Waals surface area contributed by atoms with Gasteiger partial charge in [0.05, 0.1) is 22.5 Å². The van der Waals surface area contributed by atoms with Gasteiger partial charge in [-0.1, -0.05) is 17.3 Å². The van der Waals surface area contributed by atoms with Crippen molar-refractivity contribution in [3.63, 3.8) is 0 Å². The van der Waals surface area contributed by atoms with Gasteiger partial charge in [0.2, 0.25) is 11.8 Å². The van der Waals surface area contributed by atoms with Crippen LogP contribution in [0.2, 0.25) is 0 Å². The lowest BCUT2D eigenvalue weighted by Crippen LogP contribution is -2.41. The molecule has 9 nitrogen and oxygen atoms in total. The van der Waals surface area contributed by atoms with Crippen molar-refractivity contribution < 1.29 is 14.1 Å². The van der Waals surface area contributed by atoms with E-state index in [0.717, 1.165) is 23.9 Å². The molecule has 1 fully saturated rings. The molecule has 1 saturated heterocycles. The maximum atomic E-state index is 12.5. The minimum Gasteiger partial charge on any atom is -0.360 e. The maximum Gasteiger partial charge on any atom is 0.326 e. The van der Waals surface area contributed by atoms with Crippen LogP contribution < -0.4 is 11.0 Å². The van der Waals surface area contributed by atoms with E-state index >= 15 is 0 Å². The fourth-order valence-electron chi connectivity index (χ4n) is 3.74. The Balaban J connectivity index is 1.25. The minimum absolute atomic E-state index is 0.00908. The molecule has 10 heteroatoms. The molecule has 0 spiro atoms. The van der Waals surface area contributed by atoms with Crippen molar-refractivity contribution in [3.8, 4) is 0 Å². The predicted octanol–water partition coefficient (Wildman–Crippen LogP) is 2.16. The Bertz CT molecular complexity index is 1110. The van der Waals surface area contributed by atoms with E-state index in [4.69, 9.17) is 4.52 Å². The van der Waals surface area contributed by atoms with Crippen LogP contribution in [0, 0.1) is 6.92 Å². The number of H-pyrrole nitrogens is 1. The quantitative estimate of drug-likeness (QED) is 0.621. The van der Waals surface area contributed by atoms with Gasteiger partial charge in [0.25, 0.3) is 0 Å². The number of nitrogens with zero attached hydrogens (tertiary/aromatic N) is 3. The van der Waals surface area contributed by atoms with Crippen LogP contribution in [0.1, 0.15) is 24.6 Å². The average Bonchev–Trinajstić information content (AvgIpc) is 3.29. The fraction of sp³-hybridized carbons (Fsp3) is 0.400. The molecular formula is C20H23N5O4S. The van der Waals surface area contributed by atoms with Gasteiger partial charge in [0, 0.05) is 25.2 Å². The molecule has 2 amide bonds. The van der Waals surface area contributed by atoms with Crippen molar-refractivity contribution >= 4 is 40.4 Å². The number of fused-ring (bicyclic) bond motifs is 1. The SMILES string of the molecule is Cc1cc(NC(=O)CSCC(=O)N2CCC(n3c(=O)[nH]c4ccccc43)CC2)no1. The average molecular weight is 430 g/mol. The van der Waals surface area contributed by atoms with Gasteiger partial charge in [-0.15, -0.1) is 11.8 Å². The van der Waals surface area contributed by atoms with Crippen molar-refractivity contribution in [2.24, 2.45) is 0 Å². The second kappa shape index (κ2) is 8.78. The summed E-state index contributed by atoms with van der Waals surface area (Å²) in [5.41, 5.74) is 1.62. The zero-order chi connectivity index (χ0) is 21.1. The molecule has 0 unspecified atom stereocenters. The third-order valence-corrected chi connectivity index (χ3v) is 6.08. The summed E-state index contributed by atoms with van der Waals surface area (Å²) in [5.74, 6) is 1.18. The van der Waals surface area contributed by atoms with Gasteiger partial charge in [0.1, 0.15) is 5.76 Å². The van der Waals surface area contributed by atoms with E-state index < -0.39 is 0 Å². The molecule has 1 aliphatic heterocycles. The first-order chi connectivity index (χ1) is 14.5. The summed E-state index contributed by atoms with van der Waals surface area (Å²) in [7, 11) is 0. The third-order valence-electron chi connectivity index (χ3n) is 5.16. The van der Waals surface area contributed by atoms with Gasteiger partial charge in [-0.2, -0.15) is 0 Å². The summed E-state index contributed by atoms with van der Waals surface area (Å²) < 4.78 is 6.71. The number of amides is 2. The standard InChI is InChI=1S/C20H23N5O4S/c1-13-10-17(23-29-13)22-18(26)11-30-12-19(27)24-8-6-14(7-9-24)25-16-5-3-2-4-15(16)21-20(25)28/h2-5,10,14H,6-9,11-12H2,1H3,(H,21,28)(H,22,23,26). The van der Waals surface area contributed by atoms with E-state index in [9.17, 15) is 14.4 Å². The molecule has 1 aromatic carbocycles. The van der Waals surface area contributed by atoms with Crippen LogP contribution in [0.4, 0.5) is 5.82 Å². The minimum atomic E-state index is -0.224. The normalized spacial score (nSPS) is 14.9. The highest BCUT2D eigenvalue weighted by atomic mass is 32.2. The van der Waals surface area contributed by atoms with Crippen LogP contribution in [0.5, 0.6) is 0 Å². The number of nitrogens with one attached hydrogen (secondary N) is 2. The largest absolute Gasteiger partial charge is 0.360 e. The van der Waals surface area contributed by atoms with Gasteiger partial charge < -0.3 is 19.7 Å². The van der Waals surface area contributed by atoms with Crippen molar-refractivity contribution in [2.75, 3.05) is 29.9 Å². The van der Waals surface area contributed by atoms with Gasteiger partial charge >= 0.3 is 5.69 Å². The predicted molar refractivity (Wildman–Crippen MR) is 115 cm³/mol.